The lowest BCUT2D eigenvalue weighted by molar-refractivity contribution is -0.117. The molecule has 3 N–H and O–H groups in total. The molecule has 0 aromatic carbocycles. The van der Waals surface area contributed by atoms with E-state index in [0.717, 1.165) is 15.9 Å². The number of rotatable bonds is 4. The standard InChI is InChI=1S/C9H10BrN5O/c10-7-5-15-6(1-12-3-8(11)16)2-14-9(15)4-13-7/h2,4-5,12H,1,3H2,(H2,11,16). The summed E-state index contributed by atoms with van der Waals surface area (Å²) < 4.78 is 2.62. The molecule has 0 spiro atoms. The second-order valence-corrected chi connectivity index (χ2v) is 4.07. The van der Waals surface area contributed by atoms with Gasteiger partial charge in [0.1, 0.15) is 4.60 Å². The highest BCUT2D eigenvalue weighted by atomic mass is 79.9. The Balaban J connectivity index is 2.17. The Morgan fingerprint density at radius 2 is 2.31 bits per heavy atom. The SMILES string of the molecule is NC(=O)CNCc1cnc2cnc(Br)cn12. The molecule has 16 heavy (non-hydrogen) atoms. The van der Waals surface area contributed by atoms with Gasteiger partial charge in [-0.15, -0.1) is 0 Å². The Labute approximate surface area is 100 Å². The molecule has 84 valence electrons. The van der Waals surface area contributed by atoms with Crippen LogP contribution >= 0.6 is 15.9 Å². The highest BCUT2D eigenvalue weighted by molar-refractivity contribution is 9.10. The lowest BCUT2D eigenvalue weighted by atomic mass is 10.4. The van der Waals surface area contributed by atoms with Crippen molar-refractivity contribution >= 4 is 27.5 Å². The maximum absolute atomic E-state index is 10.6. The first-order valence-corrected chi connectivity index (χ1v) is 5.42. The van der Waals surface area contributed by atoms with Gasteiger partial charge in [-0.05, 0) is 15.9 Å². The summed E-state index contributed by atoms with van der Waals surface area (Å²) in [7, 11) is 0. The van der Waals surface area contributed by atoms with E-state index >= 15 is 0 Å². The fraction of sp³-hybridized carbons (Fsp3) is 0.222. The van der Waals surface area contributed by atoms with Gasteiger partial charge in [-0.25, -0.2) is 9.97 Å². The third-order valence-electron chi connectivity index (χ3n) is 2.05. The van der Waals surface area contributed by atoms with Gasteiger partial charge in [-0.1, -0.05) is 0 Å². The largest absolute Gasteiger partial charge is 0.369 e. The zero-order chi connectivity index (χ0) is 11.5. The summed E-state index contributed by atoms with van der Waals surface area (Å²) in [6.07, 6.45) is 5.22. The molecule has 2 aromatic rings. The number of carbonyl (C=O) groups excluding carboxylic acids is 1. The molecule has 0 atom stereocenters. The molecule has 0 fully saturated rings. The van der Waals surface area contributed by atoms with Crippen molar-refractivity contribution in [3.05, 3.63) is 28.9 Å². The van der Waals surface area contributed by atoms with Crippen molar-refractivity contribution in [3.8, 4) is 0 Å². The zero-order valence-electron chi connectivity index (χ0n) is 8.35. The van der Waals surface area contributed by atoms with Crippen molar-refractivity contribution in [3.63, 3.8) is 0 Å². The van der Waals surface area contributed by atoms with Gasteiger partial charge in [0.2, 0.25) is 5.91 Å². The fourth-order valence-corrected chi connectivity index (χ4v) is 1.67. The van der Waals surface area contributed by atoms with Crippen LogP contribution in [0.3, 0.4) is 0 Å². The first kappa shape index (κ1) is 11.0. The highest BCUT2D eigenvalue weighted by Crippen LogP contribution is 2.10. The van der Waals surface area contributed by atoms with Gasteiger partial charge >= 0.3 is 0 Å². The number of nitrogens with zero attached hydrogens (tertiary/aromatic N) is 3. The molecule has 2 rings (SSSR count). The summed E-state index contributed by atoms with van der Waals surface area (Å²) in [5, 5.41) is 2.93. The molecular formula is C9H10BrN5O. The van der Waals surface area contributed by atoms with Crippen LogP contribution in [0.15, 0.2) is 23.2 Å². The molecule has 0 aliphatic heterocycles. The van der Waals surface area contributed by atoms with Crippen LogP contribution in [-0.4, -0.2) is 26.8 Å². The molecular weight excluding hydrogens is 274 g/mol. The highest BCUT2D eigenvalue weighted by Gasteiger charge is 2.04. The average molecular weight is 284 g/mol. The smallest absolute Gasteiger partial charge is 0.231 e. The quantitative estimate of drug-likeness (QED) is 0.831. The van der Waals surface area contributed by atoms with E-state index in [-0.39, 0.29) is 12.5 Å². The van der Waals surface area contributed by atoms with Crippen LogP contribution in [0.25, 0.3) is 5.65 Å². The molecule has 0 radical (unpaired) electrons. The Kier molecular flexibility index (Phi) is 3.16. The van der Waals surface area contributed by atoms with Crippen LogP contribution < -0.4 is 11.1 Å². The molecule has 0 saturated heterocycles. The van der Waals surface area contributed by atoms with Crippen LogP contribution in [0.5, 0.6) is 0 Å². The minimum Gasteiger partial charge on any atom is -0.369 e. The molecule has 7 heteroatoms. The minimum absolute atomic E-state index is 0.152. The monoisotopic (exact) mass is 283 g/mol. The van der Waals surface area contributed by atoms with Crippen LogP contribution in [0.4, 0.5) is 0 Å². The van der Waals surface area contributed by atoms with Gasteiger partial charge in [-0.2, -0.15) is 0 Å². The average Bonchev–Trinajstić information content (AvgIpc) is 2.60. The molecule has 2 aromatic heterocycles. The van der Waals surface area contributed by atoms with Crippen LogP contribution in [0, 0.1) is 0 Å². The molecule has 1 amide bonds. The number of carbonyl (C=O) groups is 1. The summed E-state index contributed by atoms with van der Waals surface area (Å²) >= 11 is 3.29. The number of hydrogen-bond donors (Lipinski definition) is 2. The van der Waals surface area contributed by atoms with Crippen molar-refractivity contribution in [2.45, 2.75) is 6.54 Å². The summed E-state index contributed by atoms with van der Waals surface area (Å²) in [4.78, 5) is 18.8. The van der Waals surface area contributed by atoms with E-state index in [1.54, 1.807) is 12.4 Å². The first-order chi connectivity index (χ1) is 7.66. The summed E-state index contributed by atoms with van der Waals surface area (Å²) in [5.74, 6) is -0.378. The number of nitrogens with two attached hydrogens (primary N) is 1. The number of nitrogens with one attached hydrogen (secondary N) is 1. The van der Waals surface area contributed by atoms with Gasteiger partial charge in [0.15, 0.2) is 5.65 Å². The number of aromatic nitrogens is 3. The second kappa shape index (κ2) is 4.58. The van der Waals surface area contributed by atoms with E-state index in [2.05, 4.69) is 31.2 Å². The van der Waals surface area contributed by atoms with Crippen molar-refractivity contribution in [2.75, 3.05) is 6.54 Å². The van der Waals surface area contributed by atoms with E-state index < -0.39 is 0 Å². The summed E-state index contributed by atoms with van der Waals surface area (Å²) in [5.41, 5.74) is 6.73. The number of imidazole rings is 1. The molecule has 2 heterocycles. The number of amides is 1. The molecule has 0 bridgehead atoms. The lowest BCUT2D eigenvalue weighted by Crippen LogP contribution is -2.28. The van der Waals surface area contributed by atoms with E-state index in [1.165, 1.54) is 0 Å². The maximum Gasteiger partial charge on any atom is 0.231 e. The molecule has 0 unspecified atom stereocenters. The summed E-state index contributed by atoms with van der Waals surface area (Å²) in [6.45, 7) is 0.681. The van der Waals surface area contributed by atoms with Crippen LogP contribution in [-0.2, 0) is 11.3 Å². The van der Waals surface area contributed by atoms with Crippen molar-refractivity contribution in [1.29, 1.82) is 0 Å². The molecule has 0 aliphatic rings. The topological polar surface area (TPSA) is 85.3 Å². The maximum atomic E-state index is 10.6. The normalized spacial score (nSPS) is 10.8. The second-order valence-electron chi connectivity index (χ2n) is 3.26. The molecule has 6 nitrogen and oxygen atoms in total. The Morgan fingerprint density at radius 1 is 1.50 bits per heavy atom. The molecule has 0 saturated carbocycles. The van der Waals surface area contributed by atoms with Gasteiger partial charge in [-0.3, -0.25) is 9.20 Å². The zero-order valence-corrected chi connectivity index (χ0v) is 9.94. The number of primary amides is 1. The minimum atomic E-state index is -0.378. The van der Waals surface area contributed by atoms with E-state index in [1.807, 2.05) is 10.6 Å². The van der Waals surface area contributed by atoms with Crippen molar-refractivity contribution in [1.82, 2.24) is 19.7 Å². The fourth-order valence-electron chi connectivity index (χ4n) is 1.36. The van der Waals surface area contributed by atoms with E-state index in [9.17, 15) is 4.79 Å². The van der Waals surface area contributed by atoms with Gasteiger partial charge in [0.05, 0.1) is 24.6 Å². The predicted octanol–water partition coefficient (Wildman–Crippen LogP) is 0.0667. The van der Waals surface area contributed by atoms with Crippen LogP contribution in [0.2, 0.25) is 0 Å². The Bertz CT molecular complexity index is 524. The lowest BCUT2D eigenvalue weighted by Gasteiger charge is -2.02. The third kappa shape index (κ3) is 2.37. The Morgan fingerprint density at radius 3 is 3.06 bits per heavy atom. The molecule has 0 aliphatic carbocycles. The number of halogens is 1. The third-order valence-corrected chi connectivity index (χ3v) is 2.46. The number of hydrogen-bond acceptors (Lipinski definition) is 4. The van der Waals surface area contributed by atoms with Crippen molar-refractivity contribution < 1.29 is 4.79 Å². The van der Waals surface area contributed by atoms with E-state index in [0.29, 0.717) is 6.54 Å². The summed E-state index contributed by atoms with van der Waals surface area (Å²) in [6, 6.07) is 0. The van der Waals surface area contributed by atoms with Gasteiger partial charge in [0.25, 0.3) is 0 Å². The van der Waals surface area contributed by atoms with Crippen molar-refractivity contribution in [2.24, 2.45) is 5.73 Å². The predicted molar refractivity (Wildman–Crippen MR) is 61.6 cm³/mol. The number of fused-ring (bicyclic) bond motifs is 1. The van der Waals surface area contributed by atoms with E-state index in [4.69, 9.17) is 5.73 Å². The Hall–Kier alpha value is -1.47. The van der Waals surface area contributed by atoms with Crippen LogP contribution in [0.1, 0.15) is 5.69 Å². The first-order valence-electron chi connectivity index (χ1n) is 4.63. The van der Waals surface area contributed by atoms with Gasteiger partial charge in [0, 0.05) is 12.7 Å². The van der Waals surface area contributed by atoms with Gasteiger partial charge < -0.3 is 11.1 Å².